The summed E-state index contributed by atoms with van der Waals surface area (Å²) in [6.07, 6.45) is 1.62. The number of benzene rings is 2. The number of methoxy groups -OCH3 is 1. The van der Waals surface area contributed by atoms with Crippen LogP contribution in [0.3, 0.4) is 0 Å². The van der Waals surface area contributed by atoms with Crippen molar-refractivity contribution in [2.24, 2.45) is 5.92 Å². The molecule has 2 N–H and O–H groups in total. The highest BCUT2D eigenvalue weighted by molar-refractivity contribution is 5.89. The van der Waals surface area contributed by atoms with Crippen LogP contribution in [0, 0.1) is 5.92 Å². The molecule has 3 rings (SSSR count). The number of phenols is 1. The van der Waals surface area contributed by atoms with Crippen molar-refractivity contribution >= 4 is 11.0 Å². The van der Waals surface area contributed by atoms with Crippen molar-refractivity contribution in [2.45, 2.75) is 26.7 Å². The Bertz CT molecular complexity index is 1000. The molecule has 0 bridgehead atoms. The number of rotatable bonds is 5. The number of ether oxygens (including phenoxy) is 1. The van der Waals surface area contributed by atoms with E-state index in [0.717, 1.165) is 12.0 Å². The van der Waals surface area contributed by atoms with Gasteiger partial charge in [-0.25, -0.2) is 0 Å². The number of hydrogen-bond donors (Lipinski definition) is 2. The molecule has 0 atom stereocenters. The van der Waals surface area contributed by atoms with Gasteiger partial charge in [-0.1, -0.05) is 32.0 Å². The summed E-state index contributed by atoms with van der Waals surface area (Å²) >= 11 is 0. The lowest BCUT2D eigenvalue weighted by Gasteiger charge is -2.12. The summed E-state index contributed by atoms with van der Waals surface area (Å²) in [7, 11) is 1.54. The van der Waals surface area contributed by atoms with Crippen LogP contribution in [0.4, 0.5) is 0 Å². The SMILES string of the molecule is COc1cccc(-c2oc3c(CCC(C)C)ccc(O)c3c(=O)c2O)c1. The zero-order chi connectivity index (χ0) is 18.8. The van der Waals surface area contributed by atoms with Gasteiger partial charge in [0, 0.05) is 5.56 Å². The van der Waals surface area contributed by atoms with Crippen LogP contribution in [-0.4, -0.2) is 17.3 Å². The van der Waals surface area contributed by atoms with E-state index >= 15 is 0 Å². The zero-order valence-corrected chi connectivity index (χ0v) is 15.1. The van der Waals surface area contributed by atoms with Crippen LogP contribution in [-0.2, 0) is 6.42 Å². The Kier molecular flexibility index (Phi) is 4.89. The third-order valence-corrected chi connectivity index (χ3v) is 4.40. The van der Waals surface area contributed by atoms with Gasteiger partial charge in [0.2, 0.25) is 11.2 Å². The summed E-state index contributed by atoms with van der Waals surface area (Å²) in [4.78, 5) is 12.7. The number of aromatic hydroxyl groups is 2. The standard InChI is InChI=1S/C21H22O5/c1-12(2)7-8-13-9-10-16(22)17-18(23)19(24)21(26-20(13)17)14-5-4-6-15(11-14)25-3/h4-6,9-12,22,24H,7-8H2,1-3H3. The number of hydrogen-bond acceptors (Lipinski definition) is 5. The van der Waals surface area contributed by atoms with Crippen LogP contribution in [0.5, 0.6) is 17.2 Å². The molecule has 0 saturated heterocycles. The van der Waals surface area contributed by atoms with Crippen LogP contribution in [0.15, 0.2) is 45.6 Å². The average molecular weight is 354 g/mol. The quantitative estimate of drug-likeness (QED) is 0.707. The Morgan fingerprint density at radius 3 is 2.62 bits per heavy atom. The summed E-state index contributed by atoms with van der Waals surface area (Å²) in [6, 6.07) is 10.2. The highest BCUT2D eigenvalue weighted by Gasteiger charge is 2.20. The molecule has 0 saturated carbocycles. The molecule has 136 valence electrons. The summed E-state index contributed by atoms with van der Waals surface area (Å²) in [5, 5.41) is 20.5. The fraction of sp³-hybridized carbons (Fsp3) is 0.286. The van der Waals surface area contributed by atoms with E-state index in [0.29, 0.717) is 29.2 Å². The van der Waals surface area contributed by atoms with E-state index in [2.05, 4.69) is 13.8 Å². The van der Waals surface area contributed by atoms with Gasteiger partial charge in [0.1, 0.15) is 22.5 Å². The molecular weight excluding hydrogens is 332 g/mol. The lowest BCUT2D eigenvalue weighted by Crippen LogP contribution is -2.05. The first-order valence-electron chi connectivity index (χ1n) is 8.57. The fourth-order valence-electron chi connectivity index (χ4n) is 2.92. The van der Waals surface area contributed by atoms with Crippen molar-refractivity contribution in [3.05, 3.63) is 52.2 Å². The normalized spacial score (nSPS) is 11.2. The van der Waals surface area contributed by atoms with E-state index in [9.17, 15) is 15.0 Å². The third-order valence-electron chi connectivity index (χ3n) is 4.40. The molecule has 0 spiro atoms. The van der Waals surface area contributed by atoms with Crippen LogP contribution < -0.4 is 10.2 Å². The van der Waals surface area contributed by atoms with Crippen LogP contribution in [0.25, 0.3) is 22.3 Å². The minimum absolute atomic E-state index is 0.00963. The molecule has 1 aromatic heterocycles. The second-order valence-electron chi connectivity index (χ2n) is 6.72. The topological polar surface area (TPSA) is 79.9 Å². The van der Waals surface area contributed by atoms with Crippen molar-refractivity contribution in [1.29, 1.82) is 0 Å². The first-order valence-corrected chi connectivity index (χ1v) is 8.57. The van der Waals surface area contributed by atoms with Crippen molar-refractivity contribution in [2.75, 3.05) is 7.11 Å². The fourth-order valence-corrected chi connectivity index (χ4v) is 2.92. The minimum Gasteiger partial charge on any atom is -0.507 e. The second kappa shape index (κ2) is 7.12. The maximum absolute atomic E-state index is 12.7. The number of fused-ring (bicyclic) bond motifs is 1. The van der Waals surface area contributed by atoms with Crippen LogP contribution in [0.2, 0.25) is 0 Å². The van der Waals surface area contributed by atoms with Crippen molar-refractivity contribution in [3.63, 3.8) is 0 Å². The summed E-state index contributed by atoms with van der Waals surface area (Å²) in [5.41, 5.74) is 1.02. The lowest BCUT2D eigenvalue weighted by atomic mass is 9.99. The van der Waals surface area contributed by atoms with E-state index in [1.54, 1.807) is 30.3 Å². The Labute approximate surface area is 151 Å². The van der Waals surface area contributed by atoms with E-state index in [1.807, 2.05) is 0 Å². The van der Waals surface area contributed by atoms with Gasteiger partial charge in [-0.05, 0) is 42.5 Å². The molecular formula is C21H22O5. The smallest absolute Gasteiger partial charge is 0.238 e. The molecule has 26 heavy (non-hydrogen) atoms. The van der Waals surface area contributed by atoms with Crippen molar-refractivity contribution < 1.29 is 19.4 Å². The first kappa shape index (κ1) is 17.9. The highest BCUT2D eigenvalue weighted by atomic mass is 16.5. The first-order chi connectivity index (χ1) is 12.4. The monoisotopic (exact) mass is 354 g/mol. The molecule has 0 fully saturated rings. The lowest BCUT2D eigenvalue weighted by molar-refractivity contribution is 0.414. The van der Waals surface area contributed by atoms with E-state index in [-0.39, 0.29) is 16.9 Å². The predicted octanol–water partition coefficient (Wildman–Crippen LogP) is 4.47. The van der Waals surface area contributed by atoms with Crippen LogP contribution in [0.1, 0.15) is 25.8 Å². The van der Waals surface area contributed by atoms with Gasteiger partial charge in [0.05, 0.1) is 7.11 Å². The molecule has 2 aromatic carbocycles. The van der Waals surface area contributed by atoms with Crippen molar-refractivity contribution in [1.82, 2.24) is 0 Å². The molecule has 0 amide bonds. The van der Waals surface area contributed by atoms with Gasteiger partial charge in [0.25, 0.3) is 0 Å². The molecule has 1 heterocycles. The molecule has 0 aliphatic heterocycles. The molecule has 5 heteroatoms. The van der Waals surface area contributed by atoms with E-state index < -0.39 is 11.2 Å². The van der Waals surface area contributed by atoms with Gasteiger partial charge in [-0.3, -0.25) is 4.79 Å². The van der Waals surface area contributed by atoms with Gasteiger partial charge in [-0.2, -0.15) is 0 Å². The summed E-state index contributed by atoms with van der Waals surface area (Å²) in [6.45, 7) is 4.23. The highest BCUT2D eigenvalue weighted by Crippen LogP contribution is 2.35. The maximum atomic E-state index is 12.7. The Balaban J connectivity index is 2.26. The average Bonchev–Trinajstić information content (AvgIpc) is 2.63. The Hall–Kier alpha value is -2.95. The predicted molar refractivity (Wildman–Crippen MR) is 101 cm³/mol. The van der Waals surface area contributed by atoms with E-state index in [4.69, 9.17) is 9.15 Å². The minimum atomic E-state index is -0.645. The molecule has 0 aliphatic rings. The third kappa shape index (κ3) is 3.25. The molecule has 0 aliphatic carbocycles. The number of aryl methyl sites for hydroxylation is 1. The molecule has 5 nitrogen and oxygen atoms in total. The van der Waals surface area contributed by atoms with Gasteiger partial charge < -0.3 is 19.4 Å². The number of phenolic OH excluding ortho intramolecular Hbond substituents is 1. The summed E-state index contributed by atoms with van der Waals surface area (Å²) < 4.78 is 11.1. The second-order valence-corrected chi connectivity index (χ2v) is 6.72. The summed E-state index contributed by atoms with van der Waals surface area (Å²) in [5.74, 6) is 0.413. The molecule has 0 unspecified atom stereocenters. The molecule has 3 aromatic rings. The van der Waals surface area contributed by atoms with E-state index in [1.165, 1.54) is 13.2 Å². The van der Waals surface area contributed by atoms with Gasteiger partial charge >= 0.3 is 0 Å². The van der Waals surface area contributed by atoms with Gasteiger partial charge in [0.15, 0.2) is 5.76 Å². The van der Waals surface area contributed by atoms with Crippen LogP contribution >= 0.6 is 0 Å². The zero-order valence-electron chi connectivity index (χ0n) is 15.1. The Morgan fingerprint density at radius 1 is 1.15 bits per heavy atom. The van der Waals surface area contributed by atoms with Gasteiger partial charge in [-0.15, -0.1) is 0 Å². The van der Waals surface area contributed by atoms with Crippen molar-refractivity contribution in [3.8, 4) is 28.6 Å². The Morgan fingerprint density at radius 2 is 1.92 bits per heavy atom. The molecule has 0 radical (unpaired) electrons. The largest absolute Gasteiger partial charge is 0.507 e. The maximum Gasteiger partial charge on any atom is 0.238 e.